The monoisotopic (exact) mass is 807 g/mol. The molecule has 0 aliphatic carbocycles. The van der Waals surface area contributed by atoms with Gasteiger partial charge in [-0.05, 0) is 96.0 Å². The van der Waals surface area contributed by atoms with Crippen LogP contribution in [-0.4, -0.2) is 76.6 Å². The van der Waals surface area contributed by atoms with Crippen LogP contribution in [0.5, 0.6) is 0 Å². The molecule has 7 rings (SSSR count). The number of nitro benzene ring substituents is 1. The predicted molar refractivity (Wildman–Crippen MR) is 225 cm³/mol. The van der Waals surface area contributed by atoms with Gasteiger partial charge in [0.2, 0.25) is 0 Å². The number of anilines is 2. The third-order valence-corrected chi connectivity index (χ3v) is 12.5. The Morgan fingerprint density at radius 2 is 1.56 bits per heavy atom. The molecule has 0 aromatic heterocycles. The molecule has 0 saturated carbocycles. The highest BCUT2D eigenvalue weighted by atomic mass is 35.5. The number of hydrogen-bond acceptors (Lipinski definition) is 9. The first kappa shape index (κ1) is 39.9. The van der Waals surface area contributed by atoms with Crippen molar-refractivity contribution in [2.24, 2.45) is 0 Å². The van der Waals surface area contributed by atoms with E-state index >= 15 is 0 Å². The van der Waals surface area contributed by atoms with Crippen LogP contribution in [0.1, 0.15) is 39.9 Å². The molecule has 0 spiro atoms. The average Bonchev–Trinajstić information content (AvgIpc) is 3.23. The average molecular weight is 808 g/mol. The lowest BCUT2D eigenvalue weighted by Gasteiger charge is -2.36. The number of carbonyl (C=O) groups excluding carboxylic acids is 1. The van der Waals surface area contributed by atoms with E-state index < -0.39 is 20.9 Å². The number of nitrogens with one attached hydrogen (secondary N) is 1. The van der Waals surface area contributed by atoms with Crippen molar-refractivity contribution in [1.82, 2.24) is 9.62 Å². The van der Waals surface area contributed by atoms with E-state index in [-0.39, 0.29) is 22.2 Å². The molecule has 1 amide bonds. The predicted octanol–water partition coefficient (Wildman–Crippen LogP) is 7.76. The van der Waals surface area contributed by atoms with Gasteiger partial charge in [-0.1, -0.05) is 78.3 Å². The van der Waals surface area contributed by atoms with E-state index in [0.717, 1.165) is 55.6 Å². The molecule has 2 aliphatic rings. The van der Waals surface area contributed by atoms with E-state index in [4.69, 9.17) is 16.3 Å². The Kier molecular flexibility index (Phi) is 12.5. The van der Waals surface area contributed by atoms with E-state index in [1.165, 1.54) is 23.3 Å². The van der Waals surface area contributed by atoms with E-state index in [1.54, 1.807) is 18.0 Å². The SMILES string of the molecule is CN(c1ccc(S(=O)(=O)NC(=O)c2ccc(N3CCN(Cc4ccccc4-c4ccc(Cl)cc4)CC3)cc2CCc2ccccc2)cc1[N+](=O)[O-])C1CCOCC1. The molecule has 0 atom stereocenters. The molecule has 296 valence electrons. The molecule has 2 saturated heterocycles. The second-order valence-corrected chi connectivity index (χ2v) is 16.7. The molecule has 2 fully saturated rings. The second kappa shape index (κ2) is 17.9. The molecule has 2 heterocycles. The highest BCUT2D eigenvalue weighted by Gasteiger charge is 2.29. The first-order chi connectivity index (χ1) is 27.6. The van der Waals surface area contributed by atoms with Crippen molar-refractivity contribution in [3.8, 4) is 11.1 Å². The number of nitro groups is 1. The van der Waals surface area contributed by atoms with Crippen LogP contribution in [0.2, 0.25) is 5.02 Å². The Balaban J connectivity index is 1.08. The summed E-state index contributed by atoms with van der Waals surface area (Å²) in [5, 5.41) is 12.9. The summed E-state index contributed by atoms with van der Waals surface area (Å²) in [6, 6.07) is 35.6. The molecule has 11 nitrogen and oxygen atoms in total. The topological polar surface area (TPSA) is 125 Å². The fourth-order valence-electron chi connectivity index (χ4n) is 7.72. The standard InChI is InChI=1S/C44H46ClN5O6S/c1-47(37-21-27-56-28-22-37)42-20-18-39(30-43(42)50(52)53)57(54,55)46-44(51)41-19-17-38(29-34(41)12-11-32-7-3-2-4-8-32)49-25-23-48(24-26-49)31-35-9-5-6-10-40(35)33-13-15-36(45)16-14-33/h2-10,13-20,29-30,37H,11-12,21-28,31H2,1H3,(H,46,51). The van der Waals surface area contributed by atoms with Crippen molar-refractivity contribution in [3.05, 3.63) is 153 Å². The first-order valence-corrected chi connectivity index (χ1v) is 21.1. The Hall–Kier alpha value is -5.27. The maximum atomic E-state index is 13.8. The summed E-state index contributed by atoms with van der Waals surface area (Å²) in [6.07, 6.45) is 2.55. The van der Waals surface area contributed by atoms with Gasteiger partial charge in [-0.3, -0.25) is 19.8 Å². The molecule has 2 aliphatic heterocycles. The van der Waals surface area contributed by atoms with Gasteiger partial charge in [-0.2, -0.15) is 0 Å². The maximum absolute atomic E-state index is 13.8. The molecule has 0 radical (unpaired) electrons. The molecule has 0 bridgehead atoms. The summed E-state index contributed by atoms with van der Waals surface area (Å²) >= 11 is 6.15. The number of nitrogens with zero attached hydrogens (tertiary/aromatic N) is 4. The number of benzene rings is 5. The summed E-state index contributed by atoms with van der Waals surface area (Å²) < 4.78 is 34.9. The van der Waals surface area contributed by atoms with Crippen molar-refractivity contribution in [1.29, 1.82) is 0 Å². The molecule has 5 aromatic rings. The van der Waals surface area contributed by atoms with Gasteiger partial charge in [0.05, 0.1) is 9.82 Å². The summed E-state index contributed by atoms with van der Waals surface area (Å²) in [5.41, 5.74) is 6.51. The van der Waals surface area contributed by atoms with E-state index in [9.17, 15) is 23.3 Å². The highest BCUT2D eigenvalue weighted by Crippen LogP contribution is 2.34. The smallest absolute Gasteiger partial charge is 0.293 e. The first-order valence-electron chi connectivity index (χ1n) is 19.2. The molecular weight excluding hydrogens is 762 g/mol. The van der Waals surface area contributed by atoms with Gasteiger partial charge in [0.15, 0.2) is 0 Å². The number of sulfonamides is 1. The van der Waals surface area contributed by atoms with Crippen LogP contribution in [0.4, 0.5) is 17.1 Å². The number of piperazine rings is 1. The van der Waals surface area contributed by atoms with Crippen molar-refractivity contribution in [2.75, 3.05) is 56.2 Å². The van der Waals surface area contributed by atoms with Gasteiger partial charge in [-0.25, -0.2) is 13.1 Å². The van der Waals surface area contributed by atoms with Crippen LogP contribution < -0.4 is 14.5 Å². The highest BCUT2D eigenvalue weighted by molar-refractivity contribution is 7.90. The van der Waals surface area contributed by atoms with Gasteiger partial charge in [0, 0.05) is 81.4 Å². The fraction of sp³-hybridized carbons (Fsp3) is 0.295. The minimum absolute atomic E-state index is 0.0176. The largest absolute Gasteiger partial charge is 0.381 e. The molecule has 0 unspecified atom stereocenters. The van der Waals surface area contributed by atoms with Crippen LogP contribution >= 0.6 is 11.6 Å². The normalized spacial score (nSPS) is 15.3. The maximum Gasteiger partial charge on any atom is 0.293 e. The van der Waals surface area contributed by atoms with Crippen molar-refractivity contribution >= 4 is 44.6 Å². The van der Waals surface area contributed by atoms with Crippen molar-refractivity contribution in [3.63, 3.8) is 0 Å². The quantitative estimate of drug-likeness (QED) is 0.0939. The van der Waals surface area contributed by atoms with E-state index in [1.807, 2.05) is 66.7 Å². The van der Waals surface area contributed by atoms with Gasteiger partial charge >= 0.3 is 0 Å². The van der Waals surface area contributed by atoms with Crippen LogP contribution in [0.25, 0.3) is 11.1 Å². The summed E-state index contributed by atoms with van der Waals surface area (Å²) in [6.45, 7) is 5.14. The number of rotatable bonds is 13. The minimum atomic E-state index is -4.46. The molecular formula is C44H46ClN5O6S. The fourth-order valence-corrected chi connectivity index (χ4v) is 8.84. The Morgan fingerprint density at radius 3 is 2.28 bits per heavy atom. The summed E-state index contributed by atoms with van der Waals surface area (Å²) in [7, 11) is -2.70. The zero-order valence-corrected chi connectivity index (χ0v) is 33.4. The lowest BCUT2D eigenvalue weighted by molar-refractivity contribution is -0.384. The van der Waals surface area contributed by atoms with Crippen molar-refractivity contribution in [2.45, 2.75) is 43.2 Å². The van der Waals surface area contributed by atoms with Gasteiger partial charge in [0.25, 0.3) is 21.6 Å². The Labute approximate surface area is 339 Å². The number of amides is 1. The van der Waals surface area contributed by atoms with Gasteiger partial charge < -0.3 is 14.5 Å². The zero-order chi connectivity index (χ0) is 39.9. The van der Waals surface area contributed by atoms with Crippen LogP contribution in [0.15, 0.2) is 120 Å². The Bertz CT molecular complexity index is 2310. The van der Waals surface area contributed by atoms with Gasteiger partial charge in [-0.15, -0.1) is 0 Å². The van der Waals surface area contributed by atoms with E-state index in [2.05, 4.69) is 38.8 Å². The number of aryl methyl sites for hydroxylation is 2. The number of carbonyl (C=O) groups is 1. The van der Waals surface area contributed by atoms with E-state index in [0.29, 0.717) is 55.2 Å². The Morgan fingerprint density at radius 1 is 0.860 bits per heavy atom. The van der Waals surface area contributed by atoms with Crippen LogP contribution in [0.3, 0.4) is 0 Å². The molecule has 57 heavy (non-hydrogen) atoms. The summed E-state index contributed by atoms with van der Waals surface area (Å²) in [4.78, 5) is 31.6. The molecule has 1 N–H and O–H groups in total. The number of hydrogen-bond donors (Lipinski definition) is 1. The minimum Gasteiger partial charge on any atom is -0.381 e. The molecule has 13 heteroatoms. The third kappa shape index (κ3) is 9.65. The molecule has 5 aromatic carbocycles. The lowest BCUT2D eigenvalue weighted by atomic mass is 9.98. The second-order valence-electron chi connectivity index (χ2n) is 14.6. The van der Waals surface area contributed by atoms with Gasteiger partial charge in [0.1, 0.15) is 5.69 Å². The number of halogens is 1. The van der Waals surface area contributed by atoms with Crippen LogP contribution in [0, 0.1) is 10.1 Å². The third-order valence-electron chi connectivity index (χ3n) is 11.0. The lowest BCUT2D eigenvalue weighted by Crippen LogP contribution is -2.46. The summed E-state index contributed by atoms with van der Waals surface area (Å²) in [5.74, 6) is -0.792. The van der Waals surface area contributed by atoms with Crippen LogP contribution in [-0.2, 0) is 34.1 Å². The van der Waals surface area contributed by atoms with Crippen molar-refractivity contribution < 1.29 is 22.9 Å². The number of ether oxygens (including phenoxy) is 1. The zero-order valence-electron chi connectivity index (χ0n) is 31.8.